The quantitative estimate of drug-likeness (QED) is 0.407. The normalized spacial score (nSPS) is 13.8. The third kappa shape index (κ3) is 4.42. The fraction of sp³-hybridized carbons (Fsp3) is 0.261. The van der Waals surface area contributed by atoms with Crippen molar-refractivity contribution in [2.45, 2.75) is 19.8 Å². The van der Waals surface area contributed by atoms with Gasteiger partial charge in [0.25, 0.3) is 11.5 Å². The molecule has 4 rings (SSSR count). The number of piperidine rings is 1. The first-order chi connectivity index (χ1) is 14.0. The third-order valence-corrected chi connectivity index (χ3v) is 5.80. The number of rotatable bonds is 3. The molecule has 0 unspecified atom stereocenters. The SMILES string of the molecule is Cc1ccc(C(=O)N2CC[C-](c3cccn3-c3[c-]cc(Cl)cc3)CC2)c(=O)n1C.[U+2]. The van der Waals surface area contributed by atoms with Crippen LogP contribution in [0.2, 0.25) is 5.02 Å². The van der Waals surface area contributed by atoms with Gasteiger partial charge in [-0.2, -0.15) is 41.8 Å². The van der Waals surface area contributed by atoms with Gasteiger partial charge in [0.2, 0.25) is 0 Å². The van der Waals surface area contributed by atoms with Crippen LogP contribution < -0.4 is 5.56 Å². The van der Waals surface area contributed by atoms with Crippen LogP contribution in [0.1, 0.15) is 34.6 Å². The molecule has 7 heteroatoms. The number of hydrogen-bond acceptors (Lipinski definition) is 2. The Kier molecular flexibility index (Phi) is 7.23. The van der Waals surface area contributed by atoms with E-state index in [4.69, 9.17) is 11.6 Å². The Morgan fingerprint density at radius 3 is 2.53 bits per heavy atom. The number of likely N-dealkylation sites (tertiary alicyclic amines) is 1. The fourth-order valence-corrected chi connectivity index (χ4v) is 3.84. The summed E-state index contributed by atoms with van der Waals surface area (Å²) in [6.45, 7) is 3.05. The second-order valence-corrected chi connectivity index (χ2v) is 7.74. The molecule has 1 amide bonds. The summed E-state index contributed by atoms with van der Waals surface area (Å²) in [6.07, 6.45) is 3.56. The van der Waals surface area contributed by atoms with E-state index in [0.717, 1.165) is 29.9 Å². The number of aryl methyl sites for hydroxylation is 1. The van der Waals surface area contributed by atoms with Crippen LogP contribution >= 0.6 is 11.6 Å². The first kappa shape index (κ1) is 22.8. The molecule has 1 aliphatic heterocycles. The number of carbonyl (C=O) groups is 1. The van der Waals surface area contributed by atoms with Crippen molar-refractivity contribution in [3.8, 4) is 5.69 Å². The number of nitrogens with zero attached hydrogens (tertiary/aromatic N) is 3. The number of carbonyl (C=O) groups excluding carboxylic acids is 1. The predicted molar refractivity (Wildman–Crippen MR) is 114 cm³/mol. The third-order valence-electron chi connectivity index (χ3n) is 5.57. The van der Waals surface area contributed by atoms with Crippen LogP contribution in [-0.2, 0) is 7.05 Å². The molecule has 0 spiro atoms. The maximum absolute atomic E-state index is 12.9. The predicted octanol–water partition coefficient (Wildman–Crippen LogP) is 3.80. The molecule has 0 saturated carbocycles. The Balaban J connectivity index is 0.00000256. The Morgan fingerprint density at radius 2 is 1.87 bits per heavy atom. The summed E-state index contributed by atoms with van der Waals surface area (Å²) >= 11 is 5.98. The Labute approximate surface area is 205 Å². The Morgan fingerprint density at radius 1 is 1.13 bits per heavy atom. The molecule has 0 radical (unpaired) electrons. The van der Waals surface area contributed by atoms with E-state index >= 15 is 0 Å². The van der Waals surface area contributed by atoms with E-state index in [0.29, 0.717) is 18.1 Å². The number of amides is 1. The maximum Gasteiger partial charge on any atom is 2.00 e. The maximum atomic E-state index is 12.9. The van der Waals surface area contributed by atoms with Crippen molar-refractivity contribution >= 4 is 17.5 Å². The van der Waals surface area contributed by atoms with Gasteiger partial charge in [-0.15, -0.1) is 17.8 Å². The summed E-state index contributed by atoms with van der Waals surface area (Å²) in [5, 5.41) is 0.657. The van der Waals surface area contributed by atoms with Crippen LogP contribution in [0.4, 0.5) is 0 Å². The van der Waals surface area contributed by atoms with E-state index in [1.54, 1.807) is 24.1 Å². The molecule has 0 N–H and O–H groups in total. The smallest absolute Gasteiger partial charge is 0.377 e. The van der Waals surface area contributed by atoms with Gasteiger partial charge in [-0.1, -0.05) is 23.6 Å². The zero-order valence-corrected chi connectivity index (χ0v) is 21.9. The zero-order chi connectivity index (χ0) is 20.5. The van der Waals surface area contributed by atoms with Crippen LogP contribution in [0.3, 0.4) is 0 Å². The number of halogens is 1. The summed E-state index contributed by atoms with van der Waals surface area (Å²) < 4.78 is 3.61. The van der Waals surface area contributed by atoms with Crippen LogP contribution in [0.15, 0.2) is 53.5 Å². The molecule has 1 fully saturated rings. The Bertz CT molecular complexity index is 1100. The monoisotopic (exact) mass is 645 g/mol. The average molecular weight is 646 g/mol. The van der Waals surface area contributed by atoms with Gasteiger partial charge in [0.05, 0.1) is 0 Å². The second-order valence-electron chi connectivity index (χ2n) is 7.30. The minimum Gasteiger partial charge on any atom is -0.377 e. The standard InChI is InChI=1S/C23H22ClN3O2.U/c1-16-5-10-20(22(28)25(16)2)23(29)26-14-11-17(12-15-26)21-4-3-13-27(21)19-8-6-18(24)7-9-19;/h3-8,10,13H,11-12,14-15H2,1-2H3;/q-2;+2. The minimum absolute atomic E-state index is 0. The van der Waals surface area contributed by atoms with Crippen molar-refractivity contribution in [1.29, 1.82) is 0 Å². The molecule has 5 nitrogen and oxygen atoms in total. The van der Waals surface area contributed by atoms with E-state index in [2.05, 4.69) is 16.7 Å². The summed E-state index contributed by atoms with van der Waals surface area (Å²) in [6, 6.07) is 16.3. The van der Waals surface area contributed by atoms with E-state index < -0.39 is 0 Å². The average Bonchev–Trinajstić information content (AvgIpc) is 3.22. The van der Waals surface area contributed by atoms with Crippen molar-refractivity contribution in [3.05, 3.63) is 93.0 Å². The summed E-state index contributed by atoms with van der Waals surface area (Å²) in [4.78, 5) is 27.1. The summed E-state index contributed by atoms with van der Waals surface area (Å²) in [5.41, 5.74) is 2.89. The van der Waals surface area contributed by atoms with Gasteiger partial charge in [-0.05, 0) is 25.3 Å². The largest absolute Gasteiger partial charge is 2.00 e. The number of aromatic nitrogens is 2. The molecule has 0 aliphatic carbocycles. The van der Waals surface area contributed by atoms with E-state index in [-0.39, 0.29) is 48.1 Å². The van der Waals surface area contributed by atoms with Gasteiger partial charge >= 0.3 is 31.1 Å². The topological polar surface area (TPSA) is 47.2 Å². The van der Waals surface area contributed by atoms with Gasteiger partial charge in [0.15, 0.2) is 0 Å². The van der Waals surface area contributed by atoms with E-state index in [1.165, 1.54) is 10.5 Å². The minimum atomic E-state index is -0.239. The molecule has 30 heavy (non-hydrogen) atoms. The molecular weight excluding hydrogens is 624 g/mol. The molecule has 0 atom stereocenters. The molecule has 1 saturated heterocycles. The van der Waals surface area contributed by atoms with Crippen LogP contribution in [0, 0.1) is 50.0 Å². The number of hydrogen-bond donors (Lipinski definition) is 0. The van der Waals surface area contributed by atoms with E-state index in [9.17, 15) is 9.59 Å². The first-order valence-electron chi connectivity index (χ1n) is 9.61. The first-order valence-corrected chi connectivity index (χ1v) is 9.99. The van der Waals surface area contributed by atoms with Crippen LogP contribution in [0.25, 0.3) is 5.69 Å². The summed E-state index contributed by atoms with van der Waals surface area (Å²) in [5.74, 6) is 1.10. The molecule has 3 aromatic rings. The molecular formula is C23H22ClN3O2U. The second kappa shape index (κ2) is 9.51. The van der Waals surface area contributed by atoms with Gasteiger partial charge in [0.1, 0.15) is 5.56 Å². The summed E-state index contributed by atoms with van der Waals surface area (Å²) in [7, 11) is 1.69. The fourth-order valence-electron chi connectivity index (χ4n) is 3.72. The van der Waals surface area contributed by atoms with Gasteiger partial charge < -0.3 is 14.0 Å². The van der Waals surface area contributed by atoms with Crippen molar-refractivity contribution in [2.24, 2.45) is 7.05 Å². The number of benzene rings is 1. The van der Waals surface area contributed by atoms with Crippen molar-refractivity contribution in [2.75, 3.05) is 13.1 Å². The van der Waals surface area contributed by atoms with Gasteiger partial charge in [0, 0.05) is 25.8 Å². The van der Waals surface area contributed by atoms with Crippen molar-refractivity contribution < 1.29 is 35.9 Å². The molecule has 152 valence electrons. The zero-order valence-electron chi connectivity index (χ0n) is 17.0. The van der Waals surface area contributed by atoms with Crippen LogP contribution in [0.5, 0.6) is 0 Å². The molecule has 0 bridgehead atoms. The van der Waals surface area contributed by atoms with E-state index in [1.807, 2.05) is 37.4 Å². The molecule has 2 aromatic heterocycles. The molecule has 1 aromatic carbocycles. The van der Waals surface area contributed by atoms with Crippen molar-refractivity contribution in [3.63, 3.8) is 0 Å². The molecule has 3 heterocycles. The molecule has 1 aliphatic rings. The Hall–Kier alpha value is -1.87. The van der Waals surface area contributed by atoms with Gasteiger partial charge in [-0.25, -0.2) is 0 Å². The van der Waals surface area contributed by atoms with Crippen molar-refractivity contribution in [1.82, 2.24) is 14.0 Å². The number of pyridine rings is 1. The van der Waals surface area contributed by atoms with Crippen LogP contribution in [-0.4, -0.2) is 33.0 Å². The van der Waals surface area contributed by atoms with Gasteiger partial charge in [-0.3, -0.25) is 9.59 Å².